The third kappa shape index (κ3) is 8.07. The number of para-hydroxylation sites is 1. The molecule has 0 bridgehead atoms. The van der Waals surface area contributed by atoms with Crippen molar-refractivity contribution in [2.75, 3.05) is 29.0 Å². The molecule has 0 spiro atoms. The molecule has 0 saturated heterocycles. The fraction of sp³-hybridized carbons (Fsp3) is 0.125. The van der Waals surface area contributed by atoms with Crippen LogP contribution in [0, 0.1) is 5.82 Å². The molecule has 0 heterocycles. The minimum absolute atomic E-state index is 0.213. The normalized spacial score (nSPS) is 11.2. The van der Waals surface area contributed by atoms with E-state index in [9.17, 15) is 22.4 Å². The number of ether oxygens (including phenoxy) is 1. The van der Waals surface area contributed by atoms with Crippen molar-refractivity contribution in [3.8, 4) is 5.75 Å². The minimum atomic E-state index is -3.92. The zero-order valence-corrected chi connectivity index (χ0v) is 20.6. The summed E-state index contributed by atoms with van der Waals surface area (Å²) in [7, 11) is -3.92. The maximum atomic E-state index is 14.0. The first-order valence-electron chi connectivity index (χ1n) is 10.4. The summed E-state index contributed by atoms with van der Waals surface area (Å²) < 4.78 is 44.2. The van der Waals surface area contributed by atoms with Crippen LogP contribution in [0.15, 0.2) is 77.9 Å². The topological polar surface area (TPSA) is 117 Å². The molecule has 3 aromatic carbocycles. The number of hydrogen-bond acceptors (Lipinski definition) is 6. The number of nitrogens with one attached hydrogen (secondary N) is 2. The molecule has 0 aliphatic heterocycles. The van der Waals surface area contributed by atoms with Gasteiger partial charge in [0.1, 0.15) is 18.1 Å². The van der Waals surface area contributed by atoms with E-state index in [1.54, 1.807) is 48.5 Å². The molecule has 0 radical (unpaired) electrons. The molecule has 3 rings (SSSR count). The van der Waals surface area contributed by atoms with Crippen molar-refractivity contribution in [1.82, 2.24) is 5.43 Å². The van der Waals surface area contributed by atoms with Crippen LogP contribution in [-0.4, -0.2) is 45.9 Å². The summed E-state index contributed by atoms with van der Waals surface area (Å²) in [6.07, 6.45) is 2.21. The molecule has 0 fully saturated rings. The van der Waals surface area contributed by atoms with E-state index >= 15 is 0 Å². The molecule has 12 heteroatoms. The zero-order chi connectivity index (χ0) is 26.1. The molecule has 36 heavy (non-hydrogen) atoms. The number of hydrogen-bond donors (Lipinski definition) is 2. The third-order valence-electron chi connectivity index (χ3n) is 4.57. The molecule has 0 atom stereocenters. The quantitative estimate of drug-likeness (QED) is 0.306. The van der Waals surface area contributed by atoms with Gasteiger partial charge in [0, 0.05) is 10.7 Å². The standard InChI is InChI=1S/C24H22ClFN4O5S/c1-36(33,34)30(22-8-3-2-7-21(22)26)15-23(31)29-27-14-17-9-11-20(12-10-17)35-16-24(32)28-19-6-4-5-18(25)13-19/h2-14H,15-16H2,1H3,(H,28,32)(H,29,31)/b27-14-. The molecule has 9 nitrogen and oxygen atoms in total. The number of halogens is 2. The van der Waals surface area contributed by atoms with Crippen molar-refractivity contribution in [2.24, 2.45) is 5.10 Å². The van der Waals surface area contributed by atoms with Crippen molar-refractivity contribution >= 4 is 51.0 Å². The monoisotopic (exact) mass is 532 g/mol. The molecular formula is C24H22ClFN4O5S. The molecule has 0 aromatic heterocycles. The Balaban J connectivity index is 1.50. The molecule has 0 unspecified atom stereocenters. The molecular weight excluding hydrogens is 511 g/mol. The molecule has 0 aliphatic carbocycles. The Kier molecular flexibility index (Phi) is 8.98. The Morgan fingerprint density at radius 2 is 1.78 bits per heavy atom. The van der Waals surface area contributed by atoms with Gasteiger partial charge in [-0.3, -0.25) is 13.9 Å². The molecule has 0 saturated carbocycles. The van der Waals surface area contributed by atoms with Crippen LogP contribution in [0.4, 0.5) is 15.8 Å². The maximum Gasteiger partial charge on any atom is 0.262 e. The van der Waals surface area contributed by atoms with Gasteiger partial charge in [-0.2, -0.15) is 5.10 Å². The van der Waals surface area contributed by atoms with Crippen molar-refractivity contribution in [3.63, 3.8) is 0 Å². The number of amides is 2. The molecule has 3 aromatic rings. The summed E-state index contributed by atoms with van der Waals surface area (Å²) in [4.78, 5) is 24.2. The SMILES string of the molecule is CS(=O)(=O)N(CC(=O)N/N=C\c1ccc(OCC(=O)Nc2cccc(Cl)c2)cc1)c1ccccc1F. The van der Waals surface area contributed by atoms with Crippen molar-refractivity contribution in [3.05, 3.63) is 89.2 Å². The molecule has 2 N–H and O–H groups in total. The van der Waals surface area contributed by atoms with Gasteiger partial charge in [-0.15, -0.1) is 0 Å². The van der Waals surface area contributed by atoms with Crippen LogP contribution in [0.3, 0.4) is 0 Å². The van der Waals surface area contributed by atoms with Gasteiger partial charge < -0.3 is 10.1 Å². The number of carbonyl (C=O) groups excluding carboxylic acids is 2. The number of anilines is 2. The Labute approximate surface area is 212 Å². The fourth-order valence-corrected chi connectivity index (χ4v) is 3.99. The highest BCUT2D eigenvalue weighted by Crippen LogP contribution is 2.21. The van der Waals surface area contributed by atoms with Crippen LogP contribution < -0.4 is 19.8 Å². The summed E-state index contributed by atoms with van der Waals surface area (Å²) in [6.45, 7) is -0.865. The third-order valence-corrected chi connectivity index (χ3v) is 5.93. The lowest BCUT2D eigenvalue weighted by atomic mass is 10.2. The number of nitrogens with zero attached hydrogens (tertiary/aromatic N) is 2. The second kappa shape index (κ2) is 12.1. The fourth-order valence-electron chi connectivity index (χ4n) is 2.94. The molecule has 188 valence electrons. The highest BCUT2D eigenvalue weighted by molar-refractivity contribution is 7.92. The van der Waals surface area contributed by atoms with Crippen molar-refractivity contribution < 1.29 is 27.1 Å². The number of benzene rings is 3. The Morgan fingerprint density at radius 3 is 2.44 bits per heavy atom. The molecule has 0 aliphatic rings. The Bertz CT molecular complexity index is 1370. The van der Waals surface area contributed by atoms with Gasteiger partial charge in [0.05, 0.1) is 18.2 Å². The molecule has 2 amide bonds. The number of rotatable bonds is 10. The van der Waals surface area contributed by atoms with E-state index in [0.29, 0.717) is 26.3 Å². The highest BCUT2D eigenvalue weighted by atomic mass is 35.5. The van der Waals surface area contributed by atoms with Gasteiger partial charge in [0.25, 0.3) is 11.8 Å². The van der Waals surface area contributed by atoms with Gasteiger partial charge in [0.2, 0.25) is 10.0 Å². The lowest BCUT2D eigenvalue weighted by molar-refractivity contribution is -0.119. The zero-order valence-electron chi connectivity index (χ0n) is 19.0. The average molecular weight is 533 g/mol. The van der Waals surface area contributed by atoms with E-state index in [-0.39, 0.29) is 18.2 Å². The van der Waals surface area contributed by atoms with E-state index in [1.165, 1.54) is 24.4 Å². The van der Waals surface area contributed by atoms with E-state index in [4.69, 9.17) is 16.3 Å². The summed E-state index contributed by atoms with van der Waals surface area (Å²) in [6, 6.07) is 18.5. The van der Waals surface area contributed by atoms with Crippen LogP contribution in [0.5, 0.6) is 5.75 Å². The first-order chi connectivity index (χ1) is 17.1. The van der Waals surface area contributed by atoms with Crippen LogP contribution in [0.2, 0.25) is 5.02 Å². The smallest absolute Gasteiger partial charge is 0.262 e. The summed E-state index contributed by atoms with van der Waals surface area (Å²) in [5.74, 6) is -1.45. The predicted octanol–water partition coefficient (Wildman–Crippen LogP) is 3.41. The maximum absolute atomic E-state index is 14.0. The highest BCUT2D eigenvalue weighted by Gasteiger charge is 2.23. The van der Waals surface area contributed by atoms with Gasteiger partial charge in [-0.05, 0) is 60.2 Å². The van der Waals surface area contributed by atoms with Crippen molar-refractivity contribution in [2.45, 2.75) is 0 Å². The van der Waals surface area contributed by atoms with Gasteiger partial charge in [0.15, 0.2) is 6.61 Å². The Morgan fingerprint density at radius 1 is 1.06 bits per heavy atom. The number of sulfonamides is 1. The summed E-state index contributed by atoms with van der Waals surface area (Å²) in [5.41, 5.74) is 3.12. The lowest BCUT2D eigenvalue weighted by Gasteiger charge is -2.21. The number of hydrazone groups is 1. The van der Waals surface area contributed by atoms with E-state index in [1.807, 2.05) is 0 Å². The van der Waals surface area contributed by atoms with Gasteiger partial charge in [-0.25, -0.2) is 18.2 Å². The van der Waals surface area contributed by atoms with E-state index in [2.05, 4.69) is 15.8 Å². The van der Waals surface area contributed by atoms with Crippen LogP contribution >= 0.6 is 11.6 Å². The van der Waals surface area contributed by atoms with Crippen molar-refractivity contribution in [1.29, 1.82) is 0 Å². The van der Waals surface area contributed by atoms with Crippen LogP contribution in [0.25, 0.3) is 0 Å². The Hall–Kier alpha value is -3.96. The predicted molar refractivity (Wildman–Crippen MR) is 136 cm³/mol. The van der Waals surface area contributed by atoms with E-state index in [0.717, 1.165) is 12.3 Å². The average Bonchev–Trinajstić information content (AvgIpc) is 2.82. The number of carbonyl (C=O) groups is 2. The first kappa shape index (κ1) is 26.6. The minimum Gasteiger partial charge on any atom is -0.484 e. The lowest BCUT2D eigenvalue weighted by Crippen LogP contribution is -2.39. The second-order valence-corrected chi connectivity index (χ2v) is 9.77. The van der Waals surface area contributed by atoms with Gasteiger partial charge >= 0.3 is 0 Å². The van der Waals surface area contributed by atoms with E-state index < -0.39 is 28.3 Å². The second-order valence-electron chi connectivity index (χ2n) is 7.43. The largest absolute Gasteiger partial charge is 0.484 e. The van der Waals surface area contributed by atoms with Gasteiger partial charge in [-0.1, -0.05) is 29.8 Å². The first-order valence-corrected chi connectivity index (χ1v) is 12.7. The van der Waals surface area contributed by atoms with Crippen LogP contribution in [0.1, 0.15) is 5.56 Å². The van der Waals surface area contributed by atoms with Crippen LogP contribution in [-0.2, 0) is 19.6 Å². The summed E-state index contributed by atoms with van der Waals surface area (Å²) in [5, 5.41) is 6.96. The summed E-state index contributed by atoms with van der Waals surface area (Å²) >= 11 is 5.88.